The Bertz CT molecular complexity index is 491. The van der Waals surface area contributed by atoms with Crippen LogP contribution in [0.5, 0.6) is 0 Å². The van der Waals surface area contributed by atoms with Gasteiger partial charge < -0.3 is 4.98 Å². The number of aryl methyl sites for hydroxylation is 1. The quantitative estimate of drug-likeness (QED) is 0.404. The Kier molecular flexibility index (Phi) is 3.16. The van der Waals surface area contributed by atoms with Crippen LogP contribution in [0.4, 0.5) is 0 Å². The third-order valence-electron chi connectivity index (χ3n) is 2.51. The van der Waals surface area contributed by atoms with Gasteiger partial charge in [-0.1, -0.05) is 6.07 Å². The molecule has 16 heavy (non-hydrogen) atoms. The average molecular weight is 218 g/mol. The fraction of sp³-hybridized carbons (Fsp3) is 0.273. The van der Waals surface area contributed by atoms with E-state index in [1.54, 1.807) is 6.33 Å². The minimum absolute atomic E-state index is 0.123. The molecule has 84 valence electrons. The van der Waals surface area contributed by atoms with Gasteiger partial charge in [-0.15, -0.1) is 0 Å². The van der Waals surface area contributed by atoms with E-state index < -0.39 is 0 Å². The number of amides is 1. The molecule has 0 aliphatic heterocycles. The summed E-state index contributed by atoms with van der Waals surface area (Å²) in [6, 6.07) is 6.07. The highest BCUT2D eigenvalue weighted by Crippen LogP contribution is 2.13. The van der Waals surface area contributed by atoms with Gasteiger partial charge in [0.1, 0.15) is 0 Å². The predicted octanol–water partition coefficient (Wildman–Crippen LogP) is 0.875. The smallest absolute Gasteiger partial charge is 0.233 e. The molecule has 0 aliphatic rings. The van der Waals surface area contributed by atoms with Gasteiger partial charge in [0.05, 0.1) is 17.4 Å². The summed E-state index contributed by atoms with van der Waals surface area (Å²) in [5.74, 6) is 4.88. The van der Waals surface area contributed by atoms with Crippen LogP contribution in [0.15, 0.2) is 24.5 Å². The standard InChI is InChI=1S/C11H14N4O/c12-15-11(16)3-1-2-8-4-5-9-10(6-8)14-7-13-9/h4-7H,1-3,12H2,(H,13,14)(H,15,16). The predicted molar refractivity (Wildman–Crippen MR) is 61.4 cm³/mol. The van der Waals surface area contributed by atoms with Gasteiger partial charge in [0.25, 0.3) is 0 Å². The van der Waals surface area contributed by atoms with Crippen LogP contribution >= 0.6 is 0 Å². The van der Waals surface area contributed by atoms with Gasteiger partial charge in [0, 0.05) is 6.42 Å². The van der Waals surface area contributed by atoms with Crippen molar-refractivity contribution in [3.63, 3.8) is 0 Å². The molecule has 0 atom stereocenters. The first kappa shape index (κ1) is 10.6. The Morgan fingerprint density at radius 2 is 2.38 bits per heavy atom. The summed E-state index contributed by atoms with van der Waals surface area (Å²) in [5, 5.41) is 0. The van der Waals surface area contributed by atoms with Gasteiger partial charge >= 0.3 is 0 Å². The number of carbonyl (C=O) groups is 1. The van der Waals surface area contributed by atoms with Crippen LogP contribution in [0.25, 0.3) is 11.0 Å². The number of nitrogens with one attached hydrogen (secondary N) is 2. The van der Waals surface area contributed by atoms with E-state index in [0.29, 0.717) is 6.42 Å². The highest BCUT2D eigenvalue weighted by molar-refractivity contribution is 5.76. The van der Waals surface area contributed by atoms with Crippen molar-refractivity contribution in [3.8, 4) is 0 Å². The number of H-pyrrole nitrogens is 1. The molecule has 0 bridgehead atoms. The monoisotopic (exact) mass is 218 g/mol. The van der Waals surface area contributed by atoms with E-state index in [0.717, 1.165) is 23.9 Å². The van der Waals surface area contributed by atoms with E-state index in [9.17, 15) is 4.79 Å². The summed E-state index contributed by atoms with van der Waals surface area (Å²) >= 11 is 0. The lowest BCUT2D eigenvalue weighted by atomic mass is 10.1. The third-order valence-corrected chi connectivity index (χ3v) is 2.51. The lowest BCUT2D eigenvalue weighted by molar-refractivity contribution is -0.121. The number of hydrogen-bond donors (Lipinski definition) is 3. The molecule has 1 aromatic heterocycles. The zero-order valence-electron chi connectivity index (χ0n) is 8.86. The Morgan fingerprint density at radius 3 is 3.19 bits per heavy atom. The summed E-state index contributed by atoms with van der Waals surface area (Å²) in [5.41, 5.74) is 5.31. The molecule has 1 amide bonds. The number of nitrogens with two attached hydrogens (primary N) is 1. The van der Waals surface area contributed by atoms with Crippen LogP contribution in [-0.4, -0.2) is 15.9 Å². The Morgan fingerprint density at radius 1 is 1.50 bits per heavy atom. The van der Waals surface area contributed by atoms with Crippen molar-refractivity contribution in [2.24, 2.45) is 5.84 Å². The van der Waals surface area contributed by atoms with Crippen molar-refractivity contribution in [2.45, 2.75) is 19.3 Å². The lowest BCUT2D eigenvalue weighted by Gasteiger charge is -2.01. The van der Waals surface area contributed by atoms with Crippen LogP contribution < -0.4 is 11.3 Å². The molecule has 0 aliphatic carbocycles. The number of hydrogen-bond acceptors (Lipinski definition) is 3. The van der Waals surface area contributed by atoms with Gasteiger partial charge in [-0.2, -0.15) is 0 Å². The normalized spacial score (nSPS) is 10.6. The first-order valence-corrected chi connectivity index (χ1v) is 5.21. The van der Waals surface area contributed by atoms with E-state index in [4.69, 9.17) is 5.84 Å². The first-order valence-electron chi connectivity index (χ1n) is 5.21. The molecule has 5 heteroatoms. The summed E-state index contributed by atoms with van der Waals surface area (Å²) in [7, 11) is 0. The molecule has 0 saturated carbocycles. The van der Waals surface area contributed by atoms with Gasteiger partial charge in [-0.05, 0) is 30.5 Å². The lowest BCUT2D eigenvalue weighted by Crippen LogP contribution is -2.29. The van der Waals surface area contributed by atoms with Gasteiger partial charge in [-0.25, -0.2) is 10.8 Å². The zero-order valence-corrected chi connectivity index (χ0v) is 8.86. The summed E-state index contributed by atoms with van der Waals surface area (Å²) < 4.78 is 0. The number of nitrogens with zero attached hydrogens (tertiary/aromatic N) is 1. The van der Waals surface area contributed by atoms with Crippen molar-refractivity contribution in [2.75, 3.05) is 0 Å². The average Bonchev–Trinajstić information content (AvgIpc) is 2.76. The Hall–Kier alpha value is -1.88. The number of benzene rings is 1. The second kappa shape index (κ2) is 4.76. The number of aromatic nitrogens is 2. The molecule has 0 fully saturated rings. The van der Waals surface area contributed by atoms with E-state index in [1.165, 1.54) is 5.56 Å². The second-order valence-electron chi connectivity index (χ2n) is 3.68. The first-order chi connectivity index (χ1) is 7.79. The number of aromatic amines is 1. The van der Waals surface area contributed by atoms with Crippen molar-refractivity contribution in [3.05, 3.63) is 30.1 Å². The Labute approximate surface area is 93.0 Å². The number of rotatable bonds is 4. The maximum absolute atomic E-state index is 10.9. The van der Waals surface area contributed by atoms with Gasteiger partial charge in [0.15, 0.2) is 0 Å². The van der Waals surface area contributed by atoms with Crippen LogP contribution in [0.1, 0.15) is 18.4 Å². The van der Waals surface area contributed by atoms with E-state index in [1.807, 2.05) is 12.1 Å². The molecule has 0 radical (unpaired) electrons. The van der Waals surface area contributed by atoms with Crippen LogP contribution in [-0.2, 0) is 11.2 Å². The van der Waals surface area contributed by atoms with Crippen molar-refractivity contribution >= 4 is 16.9 Å². The van der Waals surface area contributed by atoms with Crippen LogP contribution in [0.2, 0.25) is 0 Å². The molecule has 4 N–H and O–H groups in total. The maximum Gasteiger partial charge on any atom is 0.233 e. The van der Waals surface area contributed by atoms with E-state index in [-0.39, 0.29) is 5.91 Å². The largest absolute Gasteiger partial charge is 0.345 e. The summed E-state index contributed by atoms with van der Waals surface area (Å²) in [6.07, 6.45) is 3.79. The third kappa shape index (κ3) is 2.38. The molecular formula is C11H14N4O. The molecule has 1 heterocycles. The highest BCUT2D eigenvalue weighted by Gasteiger charge is 2.01. The van der Waals surface area contributed by atoms with Crippen LogP contribution in [0, 0.1) is 0 Å². The maximum atomic E-state index is 10.9. The number of carbonyl (C=O) groups excluding carboxylic acids is 1. The topological polar surface area (TPSA) is 83.8 Å². The molecular weight excluding hydrogens is 204 g/mol. The Balaban J connectivity index is 1.96. The fourth-order valence-electron chi connectivity index (χ4n) is 1.66. The highest BCUT2D eigenvalue weighted by atomic mass is 16.2. The number of fused-ring (bicyclic) bond motifs is 1. The number of hydrazine groups is 1. The minimum atomic E-state index is -0.123. The molecule has 2 aromatic rings. The zero-order chi connectivity index (χ0) is 11.4. The fourth-order valence-corrected chi connectivity index (χ4v) is 1.66. The molecule has 1 aromatic carbocycles. The second-order valence-corrected chi connectivity index (χ2v) is 3.68. The molecule has 0 unspecified atom stereocenters. The van der Waals surface area contributed by atoms with Crippen molar-refractivity contribution < 1.29 is 4.79 Å². The number of imidazole rings is 1. The van der Waals surface area contributed by atoms with Crippen LogP contribution in [0.3, 0.4) is 0 Å². The molecule has 0 saturated heterocycles. The van der Waals surface area contributed by atoms with E-state index >= 15 is 0 Å². The van der Waals surface area contributed by atoms with E-state index in [2.05, 4.69) is 21.5 Å². The molecule has 5 nitrogen and oxygen atoms in total. The van der Waals surface area contributed by atoms with Gasteiger partial charge in [0.2, 0.25) is 5.91 Å². The van der Waals surface area contributed by atoms with Crippen molar-refractivity contribution in [1.29, 1.82) is 0 Å². The SMILES string of the molecule is NNC(=O)CCCc1ccc2nc[nH]c2c1. The minimum Gasteiger partial charge on any atom is -0.345 e. The summed E-state index contributed by atoms with van der Waals surface area (Å²) in [6.45, 7) is 0. The molecule has 0 spiro atoms. The van der Waals surface area contributed by atoms with Crippen molar-refractivity contribution in [1.82, 2.24) is 15.4 Å². The summed E-state index contributed by atoms with van der Waals surface area (Å²) in [4.78, 5) is 18.1. The van der Waals surface area contributed by atoms with Gasteiger partial charge in [-0.3, -0.25) is 10.2 Å². The molecule has 2 rings (SSSR count).